The molecule has 3 aromatic rings. The predicted molar refractivity (Wildman–Crippen MR) is 119 cm³/mol. The Bertz CT molecular complexity index is 1230. The SMILES string of the molecule is COC(=O)c1ccc(-c2noc(C3=CC(C)(OC)C(c4ccc(OC)cc4)C=C3)n2)cc1F. The molecule has 8 heteroatoms. The minimum atomic E-state index is -0.754. The van der Waals surface area contributed by atoms with E-state index in [1.807, 2.05) is 49.4 Å². The lowest BCUT2D eigenvalue weighted by Crippen LogP contribution is -2.34. The first kappa shape index (κ1) is 22.4. The van der Waals surface area contributed by atoms with Crippen molar-refractivity contribution < 1.29 is 27.9 Å². The summed E-state index contributed by atoms with van der Waals surface area (Å²) in [6, 6.07) is 11.9. The van der Waals surface area contributed by atoms with Gasteiger partial charge in [0.2, 0.25) is 5.82 Å². The van der Waals surface area contributed by atoms with Crippen LogP contribution in [0.25, 0.3) is 17.0 Å². The lowest BCUT2D eigenvalue weighted by atomic mass is 9.78. The molecule has 1 heterocycles. The Morgan fingerprint density at radius 2 is 1.88 bits per heavy atom. The quantitative estimate of drug-likeness (QED) is 0.498. The van der Waals surface area contributed by atoms with Gasteiger partial charge in [-0.1, -0.05) is 29.4 Å². The molecule has 0 amide bonds. The zero-order chi connectivity index (χ0) is 23.6. The maximum absolute atomic E-state index is 14.3. The van der Waals surface area contributed by atoms with Crippen LogP contribution in [0.3, 0.4) is 0 Å². The van der Waals surface area contributed by atoms with E-state index >= 15 is 0 Å². The first-order valence-electron chi connectivity index (χ1n) is 10.2. The molecular formula is C25H23FN2O5. The fourth-order valence-corrected chi connectivity index (χ4v) is 3.80. The number of carbonyl (C=O) groups is 1. The Balaban J connectivity index is 1.61. The Hall–Kier alpha value is -3.78. The molecule has 2 aromatic carbocycles. The van der Waals surface area contributed by atoms with Gasteiger partial charge in [-0.15, -0.1) is 0 Å². The van der Waals surface area contributed by atoms with Crippen LogP contribution >= 0.6 is 0 Å². The highest BCUT2D eigenvalue weighted by Crippen LogP contribution is 2.40. The highest BCUT2D eigenvalue weighted by Gasteiger charge is 2.35. The molecule has 0 saturated heterocycles. The van der Waals surface area contributed by atoms with Gasteiger partial charge < -0.3 is 18.7 Å². The first-order chi connectivity index (χ1) is 15.9. The summed E-state index contributed by atoms with van der Waals surface area (Å²) in [5, 5.41) is 3.97. The van der Waals surface area contributed by atoms with Gasteiger partial charge in [0.1, 0.15) is 11.6 Å². The van der Waals surface area contributed by atoms with Crippen molar-refractivity contribution in [3.63, 3.8) is 0 Å². The molecule has 0 spiro atoms. The van der Waals surface area contributed by atoms with Crippen molar-refractivity contribution in [1.29, 1.82) is 0 Å². The number of nitrogens with zero attached hydrogens (tertiary/aromatic N) is 2. The van der Waals surface area contributed by atoms with Crippen LogP contribution in [-0.2, 0) is 9.47 Å². The summed E-state index contributed by atoms with van der Waals surface area (Å²) >= 11 is 0. The fourth-order valence-electron chi connectivity index (χ4n) is 3.80. The summed E-state index contributed by atoms with van der Waals surface area (Å²) in [6.45, 7) is 1.98. The molecule has 0 bridgehead atoms. The van der Waals surface area contributed by atoms with Crippen LogP contribution in [-0.4, -0.2) is 43.0 Å². The summed E-state index contributed by atoms with van der Waals surface area (Å²) in [6.07, 6.45) is 5.85. The minimum absolute atomic E-state index is 0.0421. The van der Waals surface area contributed by atoms with E-state index in [0.717, 1.165) is 11.3 Å². The molecule has 2 unspecified atom stereocenters. The molecule has 0 N–H and O–H groups in total. The van der Waals surface area contributed by atoms with Crippen LogP contribution in [0, 0.1) is 5.82 Å². The smallest absolute Gasteiger partial charge is 0.340 e. The molecule has 0 aliphatic heterocycles. The molecule has 1 aromatic heterocycles. The Morgan fingerprint density at radius 1 is 1.12 bits per heavy atom. The lowest BCUT2D eigenvalue weighted by Gasteiger charge is -2.35. The maximum atomic E-state index is 14.3. The van der Waals surface area contributed by atoms with Crippen LogP contribution < -0.4 is 4.74 Å². The number of allylic oxidation sites excluding steroid dienone is 2. The van der Waals surface area contributed by atoms with Gasteiger partial charge in [0.05, 0.1) is 25.4 Å². The normalized spacial score (nSPS) is 19.8. The van der Waals surface area contributed by atoms with E-state index < -0.39 is 17.4 Å². The summed E-state index contributed by atoms with van der Waals surface area (Å²) in [4.78, 5) is 16.0. The van der Waals surface area contributed by atoms with Crippen LogP contribution in [0.1, 0.15) is 34.7 Å². The number of rotatable bonds is 6. The number of halogens is 1. The Kier molecular flexibility index (Phi) is 6.11. The van der Waals surface area contributed by atoms with E-state index in [9.17, 15) is 9.18 Å². The summed E-state index contributed by atoms with van der Waals surface area (Å²) in [7, 11) is 4.47. The van der Waals surface area contributed by atoms with E-state index in [0.29, 0.717) is 11.1 Å². The van der Waals surface area contributed by atoms with Crippen molar-refractivity contribution in [2.75, 3.05) is 21.3 Å². The second-order valence-corrected chi connectivity index (χ2v) is 7.71. The lowest BCUT2D eigenvalue weighted by molar-refractivity contribution is 0.0359. The van der Waals surface area contributed by atoms with Crippen molar-refractivity contribution >= 4 is 11.5 Å². The molecule has 33 heavy (non-hydrogen) atoms. The number of hydrogen-bond acceptors (Lipinski definition) is 7. The summed E-state index contributed by atoms with van der Waals surface area (Å²) in [5.41, 5.74) is 1.31. The van der Waals surface area contributed by atoms with Crippen LogP contribution in [0.15, 0.2) is 65.2 Å². The highest BCUT2D eigenvalue weighted by atomic mass is 19.1. The number of benzene rings is 2. The summed E-state index contributed by atoms with van der Waals surface area (Å²) < 4.78 is 35.4. The van der Waals surface area contributed by atoms with Crippen LogP contribution in [0.4, 0.5) is 4.39 Å². The van der Waals surface area contributed by atoms with Gasteiger partial charge in [0, 0.05) is 24.2 Å². The third-order valence-corrected chi connectivity index (χ3v) is 5.75. The standard InChI is InChI=1S/C25H23FN2O5/c1-25(32-4)14-17(8-12-20(25)15-5-9-18(30-2)10-6-15)23-27-22(28-33-23)16-7-11-19(21(26)13-16)24(29)31-3/h5-14,20H,1-4H3. The molecule has 0 saturated carbocycles. The molecule has 0 radical (unpaired) electrons. The van der Waals surface area contributed by atoms with Gasteiger partial charge in [-0.25, -0.2) is 9.18 Å². The van der Waals surface area contributed by atoms with Crippen molar-refractivity contribution in [2.45, 2.75) is 18.4 Å². The molecule has 1 aliphatic carbocycles. The predicted octanol–water partition coefficient (Wildman–Crippen LogP) is 4.81. The number of hydrogen-bond donors (Lipinski definition) is 0. The number of ether oxygens (including phenoxy) is 3. The zero-order valence-electron chi connectivity index (χ0n) is 18.7. The van der Waals surface area contributed by atoms with E-state index in [1.54, 1.807) is 14.2 Å². The molecule has 170 valence electrons. The van der Waals surface area contributed by atoms with Crippen molar-refractivity contribution in [1.82, 2.24) is 10.1 Å². The van der Waals surface area contributed by atoms with Crippen molar-refractivity contribution in [2.24, 2.45) is 0 Å². The largest absolute Gasteiger partial charge is 0.497 e. The third kappa shape index (κ3) is 4.29. The number of methoxy groups -OCH3 is 3. The molecule has 2 atom stereocenters. The van der Waals surface area contributed by atoms with E-state index in [-0.39, 0.29) is 23.2 Å². The van der Waals surface area contributed by atoms with Gasteiger partial charge in [-0.05, 0) is 48.9 Å². The van der Waals surface area contributed by atoms with Gasteiger partial charge in [0.15, 0.2) is 0 Å². The average molecular weight is 450 g/mol. The van der Waals surface area contributed by atoms with E-state index in [1.165, 1.54) is 25.3 Å². The fraction of sp³-hybridized carbons (Fsp3) is 0.240. The zero-order valence-corrected chi connectivity index (χ0v) is 18.7. The second-order valence-electron chi connectivity index (χ2n) is 7.71. The van der Waals surface area contributed by atoms with Crippen LogP contribution in [0.2, 0.25) is 0 Å². The average Bonchev–Trinajstić information content (AvgIpc) is 3.34. The number of esters is 1. The molecule has 4 rings (SSSR count). The first-order valence-corrected chi connectivity index (χ1v) is 10.2. The van der Waals surface area contributed by atoms with Crippen molar-refractivity contribution in [3.05, 3.63) is 83.5 Å². The van der Waals surface area contributed by atoms with E-state index in [2.05, 4.69) is 14.9 Å². The van der Waals surface area contributed by atoms with Crippen LogP contribution in [0.5, 0.6) is 5.75 Å². The molecule has 0 fully saturated rings. The van der Waals surface area contributed by atoms with Crippen molar-refractivity contribution in [3.8, 4) is 17.1 Å². The van der Waals surface area contributed by atoms with Gasteiger partial charge in [-0.3, -0.25) is 0 Å². The molecular weight excluding hydrogens is 427 g/mol. The topological polar surface area (TPSA) is 83.7 Å². The van der Waals surface area contributed by atoms with E-state index in [4.69, 9.17) is 14.0 Å². The third-order valence-electron chi connectivity index (χ3n) is 5.75. The highest BCUT2D eigenvalue weighted by molar-refractivity contribution is 5.90. The van der Waals surface area contributed by atoms with Gasteiger partial charge in [0.25, 0.3) is 5.89 Å². The monoisotopic (exact) mass is 450 g/mol. The Morgan fingerprint density at radius 3 is 2.52 bits per heavy atom. The molecule has 1 aliphatic rings. The maximum Gasteiger partial charge on any atom is 0.340 e. The van der Waals surface area contributed by atoms with Gasteiger partial charge >= 0.3 is 5.97 Å². The second kappa shape index (κ2) is 8.99. The number of aromatic nitrogens is 2. The number of carbonyl (C=O) groups excluding carboxylic acids is 1. The molecule has 7 nitrogen and oxygen atoms in total. The summed E-state index contributed by atoms with van der Waals surface area (Å²) in [5.74, 6) is -0.267. The minimum Gasteiger partial charge on any atom is -0.497 e. The van der Waals surface area contributed by atoms with Gasteiger partial charge in [-0.2, -0.15) is 4.98 Å². The Labute approximate surface area is 190 Å².